The van der Waals surface area contributed by atoms with E-state index in [1.165, 1.54) is 22.3 Å². The highest BCUT2D eigenvalue weighted by atomic mass is 16.6. The molecule has 2 heterocycles. The number of hydrogen-bond acceptors (Lipinski definition) is 4. The largest absolute Gasteiger partial charge is 0.368 e. The minimum absolute atomic E-state index is 0.252. The van der Waals surface area contributed by atoms with Crippen molar-refractivity contribution in [3.8, 4) is 11.1 Å². The van der Waals surface area contributed by atoms with E-state index in [9.17, 15) is 0 Å². The van der Waals surface area contributed by atoms with Gasteiger partial charge in [-0.05, 0) is 95.1 Å². The average Bonchev–Trinajstić information content (AvgIpc) is 4.02. The zero-order valence-corrected chi connectivity index (χ0v) is 24.3. The molecule has 4 heteroatoms. The highest BCUT2D eigenvalue weighted by molar-refractivity contribution is 5.80. The predicted molar refractivity (Wildman–Crippen MR) is 179 cm³/mol. The third kappa shape index (κ3) is 5.49. The van der Waals surface area contributed by atoms with E-state index in [1.807, 2.05) is 0 Å². The van der Waals surface area contributed by atoms with Gasteiger partial charge in [-0.1, -0.05) is 84.9 Å². The molecule has 2 aliphatic rings. The van der Waals surface area contributed by atoms with Gasteiger partial charge in [0.05, 0.1) is 13.2 Å². The number of benzene rings is 6. The minimum atomic E-state index is 0.252. The molecule has 4 nitrogen and oxygen atoms in total. The highest BCUT2D eigenvalue weighted by Crippen LogP contribution is 2.40. The fourth-order valence-electron chi connectivity index (χ4n) is 5.81. The summed E-state index contributed by atoms with van der Waals surface area (Å²) in [6.07, 6.45) is 0.505. The van der Waals surface area contributed by atoms with Gasteiger partial charge < -0.3 is 19.3 Å². The molecule has 0 radical (unpaired) electrons. The smallest absolute Gasteiger partial charge is 0.106 e. The maximum atomic E-state index is 5.48. The second-order valence-corrected chi connectivity index (χ2v) is 11.3. The van der Waals surface area contributed by atoms with Gasteiger partial charge in [0.2, 0.25) is 0 Å². The molecule has 8 rings (SSSR count). The molecule has 0 spiro atoms. The van der Waals surface area contributed by atoms with Crippen molar-refractivity contribution in [1.82, 2.24) is 0 Å². The normalized spacial score (nSPS) is 16.7. The summed E-state index contributed by atoms with van der Waals surface area (Å²) in [4.78, 5) is 4.59. The molecule has 44 heavy (non-hydrogen) atoms. The molecule has 0 aliphatic carbocycles. The van der Waals surface area contributed by atoms with E-state index in [0.29, 0.717) is 0 Å². The Bertz CT molecular complexity index is 1690. The number of hydrogen-bond donors (Lipinski definition) is 0. The zero-order chi connectivity index (χ0) is 29.3. The lowest BCUT2D eigenvalue weighted by molar-refractivity contribution is 0.415. The first-order valence-electron chi connectivity index (χ1n) is 15.1. The van der Waals surface area contributed by atoms with Crippen LogP contribution in [0.5, 0.6) is 0 Å². The van der Waals surface area contributed by atoms with Crippen molar-refractivity contribution in [2.75, 3.05) is 23.0 Å². The van der Waals surface area contributed by atoms with Gasteiger partial charge in [0.25, 0.3) is 0 Å². The van der Waals surface area contributed by atoms with Crippen molar-refractivity contribution in [2.45, 2.75) is 12.2 Å². The van der Waals surface area contributed by atoms with Gasteiger partial charge in [-0.15, -0.1) is 0 Å². The zero-order valence-electron chi connectivity index (χ0n) is 24.3. The van der Waals surface area contributed by atoms with E-state index < -0.39 is 0 Å². The fourth-order valence-corrected chi connectivity index (χ4v) is 5.81. The Balaban J connectivity index is 1.08. The van der Waals surface area contributed by atoms with Crippen molar-refractivity contribution >= 4 is 34.1 Å². The van der Waals surface area contributed by atoms with Crippen LogP contribution < -0.4 is 9.80 Å². The maximum Gasteiger partial charge on any atom is 0.106 e. The lowest BCUT2D eigenvalue weighted by Gasteiger charge is -2.26. The SMILES string of the molecule is c1ccc(N(c2ccc(-c3ccc(N(c4ccccc4)c4ccc(C5CO5)cc4)cc3)cc2)c2ccc(C3CO3)cc2)cc1. The Morgan fingerprint density at radius 1 is 0.341 bits per heavy atom. The average molecular weight is 573 g/mol. The van der Waals surface area contributed by atoms with Crippen molar-refractivity contribution in [3.05, 3.63) is 169 Å². The third-order valence-corrected chi connectivity index (χ3v) is 8.33. The number of nitrogens with zero attached hydrogens (tertiary/aromatic N) is 2. The molecule has 0 aromatic heterocycles. The molecule has 0 amide bonds. The van der Waals surface area contributed by atoms with Crippen LogP contribution in [0.2, 0.25) is 0 Å². The number of ether oxygens (including phenoxy) is 2. The van der Waals surface area contributed by atoms with Crippen LogP contribution in [-0.4, -0.2) is 13.2 Å². The standard InChI is InChI=1S/C40H32N2O2/c1-3-7-33(8-4-1)41(37-23-15-31(16-24-37)39-27-43-39)35-19-11-29(12-20-35)30-13-21-36(22-14-30)42(34-9-5-2-6-10-34)38-25-17-32(18-26-38)40-28-44-40/h1-26,39-40H,27-28H2. The highest BCUT2D eigenvalue weighted by Gasteiger charge is 2.26. The molecular weight excluding hydrogens is 540 g/mol. The molecule has 0 saturated carbocycles. The van der Waals surface area contributed by atoms with Crippen LogP contribution in [-0.2, 0) is 9.47 Å². The summed E-state index contributed by atoms with van der Waals surface area (Å²) in [7, 11) is 0. The Labute approximate surface area is 258 Å². The molecule has 0 bridgehead atoms. The first kappa shape index (κ1) is 26.5. The summed E-state index contributed by atoms with van der Waals surface area (Å²) >= 11 is 0. The van der Waals surface area contributed by atoms with Crippen molar-refractivity contribution in [3.63, 3.8) is 0 Å². The molecule has 2 fully saturated rings. The van der Waals surface area contributed by atoms with Gasteiger partial charge in [0, 0.05) is 34.1 Å². The molecule has 6 aromatic carbocycles. The van der Waals surface area contributed by atoms with Crippen LogP contribution >= 0.6 is 0 Å². The molecule has 2 atom stereocenters. The maximum absolute atomic E-state index is 5.48. The van der Waals surface area contributed by atoms with Crippen molar-refractivity contribution < 1.29 is 9.47 Å². The van der Waals surface area contributed by atoms with Crippen LogP contribution in [0.4, 0.5) is 34.1 Å². The fraction of sp³-hybridized carbons (Fsp3) is 0.100. The minimum Gasteiger partial charge on any atom is -0.368 e. The molecule has 2 aliphatic heterocycles. The summed E-state index contributed by atoms with van der Waals surface area (Å²) in [5, 5.41) is 0. The number of epoxide rings is 2. The molecule has 6 aromatic rings. The van der Waals surface area contributed by atoms with Gasteiger partial charge in [0.15, 0.2) is 0 Å². The van der Waals surface area contributed by atoms with E-state index in [4.69, 9.17) is 9.47 Å². The second-order valence-electron chi connectivity index (χ2n) is 11.3. The summed E-state index contributed by atoms with van der Waals surface area (Å²) in [5.41, 5.74) is 11.5. The van der Waals surface area contributed by atoms with Gasteiger partial charge in [-0.25, -0.2) is 0 Å². The van der Waals surface area contributed by atoms with E-state index in [1.54, 1.807) is 0 Å². The summed E-state index contributed by atoms with van der Waals surface area (Å²) < 4.78 is 11.0. The molecule has 0 N–H and O–H groups in total. The van der Waals surface area contributed by atoms with Crippen molar-refractivity contribution in [2.24, 2.45) is 0 Å². The monoisotopic (exact) mass is 572 g/mol. The third-order valence-electron chi connectivity index (χ3n) is 8.33. The number of rotatable bonds is 9. The van der Waals surface area contributed by atoms with Crippen LogP contribution in [0.1, 0.15) is 23.3 Å². The van der Waals surface area contributed by atoms with Crippen LogP contribution in [0.3, 0.4) is 0 Å². The molecule has 2 unspecified atom stereocenters. The van der Waals surface area contributed by atoms with Crippen LogP contribution in [0.15, 0.2) is 158 Å². The summed E-state index contributed by atoms with van der Waals surface area (Å²) in [6, 6.07) is 56.1. The number of anilines is 6. The lowest BCUT2D eigenvalue weighted by atomic mass is 10.0. The topological polar surface area (TPSA) is 31.5 Å². The lowest BCUT2D eigenvalue weighted by Crippen LogP contribution is -2.10. The number of para-hydroxylation sites is 2. The van der Waals surface area contributed by atoms with E-state index in [2.05, 4.69) is 168 Å². The van der Waals surface area contributed by atoms with E-state index >= 15 is 0 Å². The van der Waals surface area contributed by atoms with Gasteiger partial charge in [-0.2, -0.15) is 0 Å². The Kier molecular flexibility index (Phi) is 6.91. The predicted octanol–water partition coefficient (Wildman–Crippen LogP) is 10.4. The quantitative estimate of drug-likeness (QED) is 0.161. The summed E-state index contributed by atoms with van der Waals surface area (Å²) in [5.74, 6) is 0. The van der Waals surface area contributed by atoms with Crippen molar-refractivity contribution in [1.29, 1.82) is 0 Å². The van der Waals surface area contributed by atoms with Gasteiger partial charge in [0.1, 0.15) is 12.2 Å². The van der Waals surface area contributed by atoms with E-state index in [-0.39, 0.29) is 12.2 Å². The molecule has 2 saturated heterocycles. The first-order chi connectivity index (χ1) is 21.8. The Hall–Kier alpha value is -5.16. The molecular formula is C40H32N2O2. The summed E-state index contributed by atoms with van der Waals surface area (Å²) in [6.45, 7) is 1.63. The van der Waals surface area contributed by atoms with Crippen LogP contribution in [0, 0.1) is 0 Å². The Morgan fingerprint density at radius 2 is 0.614 bits per heavy atom. The first-order valence-corrected chi connectivity index (χ1v) is 15.1. The van der Waals surface area contributed by atoms with Crippen LogP contribution in [0.25, 0.3) is 11.1 Å². The van der Waals surface area contributed by atoms with E-state index in [0.717, 1.165) is 47.3 Å². The Morgan fingerprint density at radius 3 is 0.909 bits per heavy atom. The van der Waals surface area contributed by atoms with Gasteiger partial charge in [-0.3, -0.25) is 0 Å². The molecule has 214 valence electrons. The second kappa shape index (κ2) is 11.5. The van der Waals surface area contributed by atoms with Gasteiger partial charge >= 0.3 is 0 Å².